The van der Waals surface area contributed by atoms with Crippen LogP contribution in [-0.2, 0) is 18.3 Å². The lowest BCUT2D eigenvalue weighted by Crippen LogP contribution is -2.27. The SMILES string of the molecule is Cc1c(N2CCCc3cc(-c4cnn(C)c4)c(C(F)F)cc32)ccc(N(C)C=O)c1N(C)C. The van der Waals surface area contributed by atoms with E-state index in [2.05, 4.69) is 10.00 Å². The molecule has 0 aliphatic carbocycles. The van der Waals surface area contributed by atoms with Crippen molar-refractivity contribution in [3.05, 3.63) is 53.3 Å². The largest absolute Gasteiger partial charge is 0.376 e. The van der Waals surface area contributed by atoms with Gasteiger partial charge in [-0.05, 0) is 60.7 Å². The number of rotatable bonds is 6. The molecule has 0 N–H and O–H groups in total. The Morgan fingerprint density at radius 2 is 1.91 bits per heavy atom. The molecule has 1 aliphatic rings. The fraction of sp³-hybridized carbons (Fsp3) is 0.360. The van der Waals surface area contributed by atoms with Crippen LogP contribution in [-0.4, -0.2) is 43.9 Å². The second-order valence-corrected chi connectivity index (χ2v) is 8.71. The van der Waals surface area contributed by atoms with Crippen LogP contribution in [0.4, 0.5) is 31.5 Å². The minimum absolute atomic E-state index is 0.0106. The highest BCUT2D eigenvalue weighted by atomic mass is 19.3. The summed E-state index contributed by atoms with van der Waals surface area (Å²) in [5.41, 5.74) is 6.77. The molecule has 1 amide bonds. The number of hydrogen-bond acceptors (Lipinski definition) is 4. The number of aryl methyl sites for hydroxylation is 2. The van der Waals surface area contributed by atoms with E-state index in [-0.39, 0.29) is 5.56 Å². The number of alkyl halides is 2. The van der Waals surface area contributed by atoms with E-state index in [1.54, 1.807) is 42.1 Å². The molecule has 0 saturated carbocycles. The first kappa shape index (κ1) is 22.8. The van der Waals surface area contributed by atoms with Crippen molar-refractivity contribution in [1.29, 1.82) is 0 Å². The van der Waals surface area contributed by atoms with E-state index in [1.807, 2.05) is 44.1 Å². The molecular formula is C25H29F2N5O. The molecule has 174 valence electrons. The van der Waals surface area contributed by atoms with Gasteiger partial charge in [0.1, 0.15) is 0 Å². The van der Waals surface area contributed by atoms with Gasteiger partial charge in [0, 0.05) is 63.4 Å². The summed E-state index contributed by atoms with van der Waals surface area (Å²) in [6.07, 6.45) is 3.32. The molecule has 0 unspecified atom stereocenters. The number of hydrogen-bond donors (Lipinski definition) is 0. The fourth-order valence-corrected chi connectivity index (χ4v) is 4.76. The second kappa shape index (κ2) is 8.84. The first-order valence-corrected chi connectivity index (χ1v) is 10.9. The summed E-state index contributed by atoms with van der Waals surface area (Å²) in [6, 6.07) is 7.43. The Balaban J connectivity index is 1.87. The number of carbonyl (C=O) groups excluding carboxylic acids is 1. The van der Waals surface area contributed by atoms with Crippen LogP contribution in [0.5, 0.6) is 0 Å². The third kappa shape index (κ3) is 4.05. The van der Waals surface area contributed by atoms with Gasteiger partial charge in [0.2, 0.25) is 6.41 Å². The van der Waals surface area contributed by atoms with Crippen LogP contribution >= 0.6 is 0 Å². The highest BCUT2D eigenvalue weighted by molar-refractivity contribution is 5.89. The Morgan fingerprint density at radius 1 is 1.15 bits per heavy atom. The topological polar surface area (TPSA) is 44.6 Å². The summed E-state index contributed by atoms with van der Waals surface area (Å²) in [6.45, 7) is 2.75. The molecule has 2 aromatic carbocycles. The molecule has 4 rings (SSSR count). The molecule has 3 aromatic rings. The van der Waals surface area contributed by atoms with Crippen LogP contribution in [0.3, 0.4) is 0 Å². The molecule has 8 heteroatoms. The summed E-state index contributed by atoms with van der Waals surface area (Å²) in [5.74, 6) is 0. The second-order valence-electron chi connectivity index (χ2n) is 8.71. The zero-order chi connectivity index (χ0) is 23.9. The average Bonchev–Trinajstić information content (AvgIpc) is 3.22. The molecule has 1 aromatic heterocycles. The lowest BCUT2D eigenvalue weighted by Gasteiger charge is -2.35. The summed E-state index contributed by atoms with van der Waals surface area (Å²) in [4.78, 5) is 17.1. The molecule has 0 fully saturated rings. The van der Waals surface area contributed by atoms with Gasteiger partial charge in [0.25, 0.3) is 6.43 Å². The van der Waals surface area contributed by atoms with Crippen molar-refractivity contribution in [2.45, 2.75) is 26.2 Å². The van der Waals surface area contributed by atoms with Crippen molar-refractivity contribution < 1.29 is 13.6 Å². The Bertz CT molecular complexity index is 1190. The smallest absolute Gasteiger partial charge is 0.264 e. The van der Waals surface area contributed by atoms with Crippen LogP contribution in [0.25, 0.3) is 11.1 Å². The first-order chi connectivity index (χ1) is 15.7. The fourth-order valence-electron chi connectivity index (χ4n) is 4.76. The quantitative estimate of drug-likeness (QED) is 0.489. The average molecular weight is 454 g/mol. The molecule has 0 atom stereocenters. The van der Waals surface area contributed by atoms with Crippen LogP contribution in [0, 0.1) is 6.92 Å². The van der Waals surface area contributed by atoms with Crippen molar-refractivity contribution in [3.8, 4) is 11.1 Å². The van der Waals surface area contributed by atoms with E-state index in [9.17, 15) is 13.6 Å². The molecule has 0 radical (unpaired) electrons. The predicted octanol–water partition coefficient (Wildman–Crippen LogP) is 5.08. The van der Waals surface area contributed by atoms with Gasteiger partial charge in [-0.3, -0.25) is 9.48 Å². The van der Waals surface area contributed by atoms with Gasteiger partial charge in [-0.15, -0.1) is 0 Å². The number of halogens is 2. The number of fused-ring (bicyclic) bond motifs is 1. The number of benzene rings is 2. The summed E-state index contributed by atoms with van der Waals surface area (Å²) < 4.78 is 29.9. The van der Waals surface area contributed by atoms with E-state index in [4.69, 9.17) is 0 Å². The highest BCUT2D eigenvalue weighted by Crippen LogP contribution is 2.44. The van der Waals surface area contributed by atoms with Crippen molar-refractivity contribution >= 4 is 29.2 Å². The molecule has 33 heavy (non-hydrogen) atoms. The van der Waals surface area contributed by atoms with Crippen molar-refractivity contribution in [2.24, 2.45) is 7.05 Å². The Morgan fingerprint density at radius 3 is 2.52 bits per heavy atom. The van der Waals surface area contributed by atoms with Crippen LogP contribution < -0.4 is 14.7 Å². The third-order valence-corrected chi connectivity index (χ3v) is 6.28. The van der Waals surface area contributed by atoms with E-state index in [0.717, 1.165) is 59.7 Å². The van der Waals surface area contributed by atoms with Gasteiger partial charge >= 0.3 is 0 Å². The van der Waals surface area contributed by atoms with E-state index >= 15 is 0 Å². The lowest BCUT2D eigenvalue weighted by molar-refractivity contribution is -0.107. The van der Waals surface area contributed by atoms with Gasteiger partial charge < -0.3 is 14.7 Å². The third-order valence-electron chi connectivity index (χ3n) is 6.28. The molecule has 0 spiro atoms. The first-order valence-electron chi connectivity index (χ1n) is 10.9. The van der Waals surface area contributed by atoms with Gasteiger partial charge in [0.15, 0.2) is 0 Å². The maximum atomic E-state index is 14.2. The summed E-state index contributed by atoms with van der Waals surface area (Å²) in [7, 11) is 7.38. The van der Waals surface area contributed by atoms with Gasteiger partial charge in [-0.1, -0.05) is 0 Å². The molecule has 1 aliphatic heterocycles. The van der Waals surface area contributed by atoms with Crippen molar-refractivity contribution in [1.82, 2.24) is 9.78 Å². The highest BCUT2D eigenvalue weighted by Gasteiger charge is 2.27. The van der Waals surface area contributed by atoms with Crippen molar-refractivity contribution in [2.75, 3.05) is 42.4 Å². The number of anilines is 4. The van der Waals surface area contributed by atoms with Gasteiger partial charge in [-0.25, -0.2) is 8.78 Å². The number of carbonyl (C=O) groups is 1. The minimum Gasteiger partial charge on any atom is -0.376 e. The predicted molar refractivity (Wildman–Crippen MR) is 129 cm³/mol. The van der Waals surface area contributed by atoms with Crippen LogP contribution in [0.1, 0.15) is 29.5 Å². The lowest BCUT2D eigenvalue weighted by atomic mass is 9.92. The van der Waals surface area contributed by atoms with Crippen LogP contribution in [0.2, 0.25) is 0 Å². The standard InChI is InChI=1S/C25H29F2N5O/c1-16-21(8-9-22(30(4)15-33)24(16)29(2)3)32-10-6-7-17-11-19(18-13-28-31(5)14-18)20(25(26)27)12-23(17)32/h8-9,11-15,25H,6-7,10H2,1-5H3. The van der Waals surface area contributed by atoms with Gasteiger partial charge in [0.05, 0.1) is 17.6 Å². The number of amides is 1. The Labute approximate surface area is 193 Å². The Hall–Kier alpha value is -3.42. The van der Waals surface area contributed by atoms with Crippen LogP contribution in [0.15, 0.2) is 36.7 Å². The monoisotopic (exact) mass is 453 g/mol. The molecule has 2 heterocycles. The summed E-state index contributed by atoms with van der Waals surface area (Å²) >= 11 is 0. The number of nitrogens with zero attached hydrogens (tertiary/aromatic N) is 5. The zero-order valence-electron chi connectivity index (χ0n) is 19.6. The normalized spacial score (nSPS) is 13.3. The summed E-state index contributed by atoms with van der Waals surface area (Å²) in [5, 5.41) is 4.16. The van der Waals surface area contributed by atoms with Crippen molar-refractivity contribution in [3.63, 3.8) is 0 Å². The maximum absolute atomic E-state index is 14.2. The zero-order valence-corrected chi connectivity index (χ0v) is 19.6. The molecule has 0 bridgehead atoms. The molecule has 6 nitrogen and oxygen atoms in total. The van der Waals surface area contributed by atoms with E-state index < -0.39 is 6.43 Å². The number of aromatic nitrogens is 2. The maximum Gasteiger partial charge on any atom is 0.264 e. The van der Waals surface area contributed by atoms with Gasteiger partial charge in [-0.2, -0.15) is 5.10 Å². The minimum atomic E-state index is -2.60. The molecule has 0 saturated heterocycles. The molecular weight excluding hydrogens is 424 g/mol. The van der Waals surface area contributed by atoms with E-state index in [0.29, 0.717) is 11.1 Å². The Kier molecular flexibility index (Phi) is 6.10. The van der Waals surface area contributed by atoms with E-state index in [1.165, 1.54) is 0 Å².